The quantitative estimate of drug-likeness (QED) is 0.419. The number of aryl methyl sites for hydroxylation is 2. The maximum absolute atomic E-state index is 10.2. The molecule has 0 saturated carbocycles. The zero-order valence-electron chi connectivity index (χ0n) is 14.5. The van der Waals surface area contributed by atoms with Crippen LogP contribution in [0.1, 0.15) is 18.1 Å². The maximum Gasteiger partial charge on any atom is 0.230 e. The number of hydrogen-bond donors (Lipinski definition) is 2. The van der Waals surface area contributed by atoms with E-state index in [9.17, 15) is 5.11 Å². The molecule has 2 aromatic heterocycles. The fraction of sp³-hybridized carbons (Fsp3) is 0.150. The van der Waals surface area contributed by atoms with Crippen LogP contribution in [0.25, 0.3) is 22.2 Å². The van der Waals surface area contributed by atoms with Gasteiger partial charge in [-0.15, -0.1) is 21.6 Å². The van der Waals surface area contributed by atoms with Crippen molar-refractivity contribution >= 4 is 33.1 Å². The second-order valence-electron chi connectivity index (χ2n) is 6.14. The third-order valence-electron chi connectivity index (χ3n) is 4.30. The van der Waals surface area contributed by atoms with Crippen LogP contribution in [0.4, 0.5) is 10.8 Å². The molecule has 0 amide bonds. The molecule has 0 spiro atoms. The van der Waals surface area contributed by atoms with Crippen LogP contribution < -0.4 is 0 Å². The molecule has 0 saturated heterocycles. The van der Waals surface area contributed by atoms with Gasteiger partial charge in [-0.2, -0.15) is 0 Å². The number of aromatic amines is 1. The number of aromatic nitrogens is 2. The minimum absolute atomic E-state index is 0.0207. The molecule has 4 rings (SSSR count). The van der Waals surface area contributed by atoms with Gasteiger partial charge in [-0.05, 0) is 31.0 Å². The van der Waals surface area contributed by atoms with Crippen molar-refractivity contribution in [2.45, 2.75) is 20.3 Å². The number of azo groups is 1. The second-order valence-corrected chi connectivity index (χ2v) is 6.97. The molecule has 0 aliphatic rings. The average molecular weight is 362 g/mol. The van der Waals surface area contributed by atoms with E-state index in [1.165, 1.54) is 22.5 Å². The highest BCUT2D eigenvalue weighted by atomic mass is 32.1. The Labute approximate surface area is 155 Å². The molecule has 4 aromatic rings. The molecule has 0 radical (unpaired) electrons. The fourth-order valence-corrected chi connectivity index (χ4v) is 3.44. The SMILES string of the molecule is CCc1ccc2[nH]c(O)c(N=Nc3nc(-c4ccc(C)cc4)cs3)c2c1. The van der Waals surface area contributed by atoms with Crippen LogP contribution in [0.15, 0.2) is 58.1 Å². The average Bonchev–Trinajstić information content (AvgIpc) is 3.24. The molecule has 0 aliphatic carbocycles. The van der Waals surface area contributed by atoms with Crippen LogP contribution >= 0.6 is 11.3 Å². The van der Waals surface area contributed by atoms with Gasteiger partial charge in [0.15, 0.2) is 5.69 Å². The van der Waals surface area contributed by atoms with Crippen LogP contribution in [-0.2, 0) is 6.42 Å². The van der Waals surface area contributed by atoms with Crippen LogP contribution in [0, 0.1) is 6.92 Å². The van der Waals surface area contributed by atoms with Crippen molar-refractivity contribution in [1.82, 2.24) is 9.97 Å². The summed E-state index contributed by atoms with van der Waals surface area (Å²) in [6.45, 7) is 4.15. The summed E-state index contributed by atoms with van der Waals surface area (Å²) in [4.78, 5) is 7.46. The standard InChI is InChI=1S/C20H18N4OS/c1-3-13-6-9-16-15(10-13)18(19(25)21-16)23-24-20-22-17(11-26-20)14-7-4-12(2)5-8-14/h4-11,21,25H,3H2,1-2H3. The monoisotopic (exact) mass is 362 g/mol. The lowest BCUT2D eigenvalue weighted by atomic mass is 10.1. The number of H-pyrrole nitrogens is 1. The summed E-state index contributed by atoms with van der Waals surface area (Å²) in [7, 11) is 0. The van der Waals surface area contributed by atoms with Gasteiger partial charge in [-0.3, -0.25) is 0 Å². The maximum atomic E-state index is 10.2. The van der Waals surface area contributed by atoms with Gasteiger partial charge in [-0.25, -0.2) is 4.98 Å². The van der Waals surface area contributed by atoms with Gasteiger partial charge >= 0.3 is 0 Å². The molecule has 2 aromatic carbocycles. The van der Waals surface area contributed by atoms with Crippen molar-refractivity contribution in [2.24, 2.45) is 10.2 Å². The van der Waals surface area contributed by atoms with E-state index in [1.54, 1.807) is 0 Å². The van der Waals surface area contributed by atoms with Gasteiger partial charge < -0.3 is 10.1 Å². The summed E-state index contributed by atoms with van der Waals surface area (Å²) >= 11 is 1.43. The topological polar surface area (TPSA) is 73.6 Å². The molecule has 0 unspecified atom stereocenters. The molecule has 0 atom stereocenters. The second kappa shape index (κ2) is 6.72. The Morgan fingerprint density at radius 2 is 1.92 bits per heavy atom. The Morgan fingerprint density at radius 1 is 1.12 bits per heavy atom. The number of rotatable bonds is 4. The van der Waals surface area contributed by atoms with E-state index < -0.39 is 0 Å². The number of thiazole rings is 1. The summed E-state index contributed by atoms with van der Waals surface area (Å²) in [6.07, 6.45) is 0.921. The zero-order valence-corrected chi connectivity index (χ0v) is 15.3. The Balaban J connectivity index is 1.65. The molecule has 5 nitrogen and oxygen atoms in total. The number of aromatic hydroxyl groups is 1. The molecular formula is C20H18N4OS. The predicted octanol–water partition coefficient (Wildman–Crippen LogP) is 6.28. The molecule has 2 heterocycles. The zero-order chi connectivity index (χ0) is 18.1. The summed E-state index contributed by atoms with van der Waals surface area (Å²) < 4.78 is 0. The highest BCUT2D eigenvalue weighted by Gasteiger charge is 2.11. The smallest absolute Gasteiger partial charge is 0.230 e. The third kappa shape index (κ3) is 3.11. The van der Waals surface area contributed by atoms with Crippen molar-refractivity contribution in [3.05, 3.63) is 59.0 Å². The normalized spacial score (nSPS) is 11.6. The lowest BCUT2D eigenvalue weighted by Gasteiger charge is -1.97. The highest BCUT2D eigenvalue weighted by molar-refractivity contribution is 7.13. The van der Waals surface area contributed by atoms with Crippen molar-refractivity contribution in [3.63, 3.8) is 0 Å². The lowest BCUT2D eigenvalue weighted by Crippen LogP contribution is -1.78. The van der Waals surface area contributed by atoms with Crippen LogP contribution in [-0.4, -0.2) is 15.1 Å². The van der Waals surface area contributed by atoms with E-state index in [2.05, 4.69) is 46.2 Å². The Bertz CT molecular complexity index is 1090. The summed E-state index contributed by atoms with van der Waals surface area (Å²) in [5.74, 6) is 0.0207. The van der Waals surface area contributed by atoms with Crippen molar-refractivity contribution in [1.29, 1.82) is 0 Å². The molecule has 0 bridgehead atoms. The Hall–Kier alpha value is -2.99. The van der Waals surface area contributed by atoms with E-state index in [0.29, 0.717) is 10.8 Å². The van der Waals surface area contributed by atoms with E-state index in [1.807, 2.05) is 35.7 Å². The fourth-order valence-electron chi connectivity index (χ4n) is 2.79. The van der Waals surface area contributed by atoms with Crippen molar-refractivity contribution < 1.29 is 5.11 Å². The molecule has 26 heavy (non-hydrogen) atoms. The summed E-state index contributed by atoms with van der Waals surface area (Å²) in [5.41, 5.74) is 5.61. The van der Waals surface area contributed by atoms with Crippen molar-refractivity contribution in [3.8, 4) is 17.1 Å². The molecule has 6 heteroatoms. The van der Waals surface area contributed by atoms with Gasteiger partial charge in [0.2, 0.25) is 11.0 Å². The summed E-state index contributed by atoms with van der Waals surface area (Å²) in [6, 6.07) is 14.2. The van der Waals surface area contributed by atoms with E-state index in [0.717, 1.165) is 28.6 Å². The predicted molar refractivity (Wildman–Crippen MR) is 106 cm³/mol. The first-order valence-electron chi connectivity index (χ1n) is 8.42. The molecular weight excluding hydrogens is 344 g/mol. The van der Waals surface area contributed by atoms with Gasteiger partial charge in [0.1, 0.15) is 0 Å². The van der Waals surface area contributed by atoms with Gasteiger partial charge in [0.25, 0.3) is 0 Å². The number of fused-ring (bicyclic) bond motifs is 1. The first-order valence-corrected chi connectivity index (χ1v) is 9.30. The van der Waals surface area contributed by atoms with Crippen molar-refractivity contribution in [2.75, 3.05) is 0 Å². The van der Waals surface area contributed by atoms with E-state index in [4.69, 9.17) is 0 Å². The van der Waals surface area contributed by atoms with Gasteiger partial charge in [0, 0.05) is 16.3 Å². The largest absolute Gasteiger partial charge is 0.493 e. The van der Waals surface area contributed by atoms with Gasteiger partial charge in [-0.1, -0.05) is 42.8 Å². The molecule has 2 N–H and O–H groups in total. The minimum atomic E-state index is 0.0207. The Morgan fingerprint density at radius 3 is 2.69 bits per heavy atom. The summed E-state index contributed by atoms with van der Waals surface area (Å²) in [5, 5.41) is 22.0. The van der Waals surface area contributed by atoms with Crippen LogP contribution in [0.3, 0.4) is 0 Å². The van der Waals surface area contributed by atoms with E-state index >= 15 is 0 Å². The lowest BCUT2D eigenvalue weighted by molar-refractivity contribution is 0.459. The number of hydrogen-bond acceptors (Lipinski definition) is 5. The molecule has 0 aliphatic heterocycles. The highest BCUT2D eigenvalue weighted by Crippen LogP contribution is 2.37. The number of nitrogens with zero attached hydrogens (tertiary/aromatic N) is 3. The Kier molecular flexibility index (Phi) is 4.26. The first-order chi connectivity index (χ1) is 12.6. The number of benzene rings is 2. The molecule has 0 fully saturated rings. The molecule has 130 valence electrons. The third-order valence-corrected chi connectivity index (χ3v) is 5.02. The van der Waals surface area contributed by atoms with Gasteiger partial charge in [0.05, 0.1) is 11.2 Å². The van der Waals surface area contributed by atoms with Crippen LogP contribution in [0.5, 0.6) is 5.88 Å². The number of nitrogens with one attached hydrogen (secondary N) is 1. The van der Waals surface area contributed by atoms with Crippen LogP contribution in [0.2, 0.25) is 0 Å². The minimum Gasteiger partial charge on any atom is -0.493 e. The first kappa shape index (κ1) is 16.5. The van der Waals surface area contributed by atoms with E-state index in [-0.39, 0.29) is 5.88 Å².